The molecule has 0 saturated carbocycles. The van der Waals surface area contributed by atoms with Crippen molar-refractivity contribution in [2.24, 2.45) is 5.92 Å². The molecule has 2 nitrogen and oxygen atoms in total. The summed E-state index contributed by atoms with van der Waals surface area (Å²) < 4.78 is 0. The number of rotatable bonds is 8. The zero-order chi connectivity index (χ0) is 12.5. The normalized spacial score (nSPS) is 21.4. The predicted molar refractivity (Wildman–Crippen MR) is 79.9 cm³/mol. The third-order valence-electron chi connectivity index (χ3n) is 3.84. The van der Waals surface area contributed by atoms with Gasteiger partial charge in [-0.05, 0) is 18.8 Å². The Kier molecular flexibility index (Phi) is 8.33. The van der Waals surface area contributed by atoms with Crippen molar-refractivity contribution in [3.8, 4) is 0 Å². The van der Waals surface area contributed by atoms with Crippen LogP contribution in [-0.4, -0.2) is 48.6 Å². The molecule has 0 bridgehead atoms. The number of nitrogens with one attached hydrogen (secondary N) is 1. The van der Waals surface area contributed by atoms with Gasteiger partial charge >= 0.3 is 0 Å². The van der Waals surface area contributed by atoms with Crippen LogP contribution in [0.2, 0.25) is 0 Å². The molecule has 17 heavy (non-hydrogen) atoms. The number of nitrogens with zero attached hydrogens (tertiary/aromatic N) is 1. The Labute approximate surface area is 112 Å². The van der Waals surface area contributed by atoms with Gasteiger partial charge in [0.2, 0.25) is 0 Å². The van der Waals surface area contributed by atoms with Crippen LogP contribution in [0.25, 0.3) is 0 Å². The first-order valence-electron chi connectivity index (χ1n) is 7.29. The minimum Gasteiger partial charge on any atom is -0.313 e. The van der Waals surface area contributed by atoms with E-state index >= 15 is 0 Å². The Morgan fingerprint density at radius 3 is 2.47 bits per heavy atom. The van der Waals surface area contributed by atoms with Gasteiger partial charge < -0.3 is 10.2 Å². The van der Waals surface area contributed by atoms with E-state index < -0.39 is 0 Å². The minimum atomic E-state index is 0.726. The molecule has 1 N–H and O–H groups in total. The molecule has 2 unspecified atom stereocenters. The van der Waals surface area contributed by atoms with Gasteiger partial charge in [0.1, 0.15) is 0 Å². The molecule has 3 heteroatoms. The van der Waals surface area contributed by atoms with Crippen molar-refractivity contribution in [3.05, 3.63) is 0 Å². The summed E-state index contributed by atoms with van der Waals surface area (Å²) in [5.74, 6) is 3.51. The van der Waals surface area contributed by atoms with E-state index in [9.17, 15) is 0 Å². The summed E-state index contributed by atoms with van der Waals surface area (Å²) >= 11 is 2.09. The summed E-state index contributed by atoms with van der Waals surface area (Å²) in [5, 5.41) is 3.73. The highest BCUT2D eigenvalue weighted by molar-refractivity contribution is 7.99. The molecule has 1 fully saturated rings. The van der Waals surface area contributed by atoms with E-state index in [1.807, 2.05) is 0 Å². The van der Waals surface area contributed by atoms with Crippen LogP contribution in [0.3, 0.4) is 0 Å². The molecule has 1 heterocycles. The van der Waals surface area contributed by atoms with Crippen molar-refractivity contribution in [2.45, 2.75) is 46.1 Å². The van der Waals surface area contributed by atoms with Crippen molar-refractivity contribution in [2.75, 3.05) is 37.7 Å². The maximum Gasteiger partial charge on any atom is 0.0108 e. The molecule has 0 aromatic carbocycles. The van der Waals surface area contributed by atoms with E-state index in [1.54, 1.807) is 0 Å². The fourth-order valence-electron chi connectivity index (χ4n) is 2.30. The molecule has 0 aliphatic carbocycles. The van der Waals surface area contributed by atoms with Crippen LogP contribution in [0, 0.1) is 5.92 Å². The molecule has 1 saturated heterocycles. The third kappa shape index (κ3) is 6.68. The van der Waals surface area contributed by atoms with Crippen molar-refractivity contribution in [3.63, 3.8) is 0 Å². The molecule has 0 aromatic rings. The van der Waals surface area contributed by atoms with E-state index in [0.29, 0.717) is 0 Å². The first kappa shape index (κ1) is 15.3. The molecular formula is C14H30N2S. The summed E-state index contributed by atoms with van der Waals surface area (Å²) in [5.41, 5.74) is 0. The molecule has 2 atom stereocenters. The lowest BCUT2D eigenvalue weighted by molar-refractivity contribution is 0.286. The van der Waals surface area contributed by atoms with Gasteiger partial charge in [-0.15, -0.1) is 0 Å². The molecule has 102 valence electrons. The zero-order valence-electron chi connectivity index (χ0n) is 11.9. The lowest BCUT2D eigenvalue weighted by Crippen LogP contribution is -2.40. The third-order valence-corrected chi connectivity index (χ3v) is 4.78. The highest BCUT2D eigenvalue weighted by atomic mass is 32.2. The summed E-state index contributed by atoms with van der Waals surface area (Å²) in [6.45, 7) is 11.9. The molecule has 0 radical (unpaired) electrons. The number of hydrogen-bond acceptors (Lipinski definition) is 3. The lowest BCUT2D eigenvalue weighted by atomic mass is 9.98. The molecule has 1 aliphatic heterocycles. The van der Waals surface area contributed by atoms with Crippen LogP contribution in [0.5, 0.6) is 0 Å². The van der Waals surface area contributed by atoms with Crippen LogP contribution in [0.1, 0.15) is 40.0 Å². The van der Waals surface area contributed by atoms with Gasteiger partial charge in [-0.2, -0.15) is 11.8 Å². The SMILES string of the molecule is CCC(C)CC(CC)NCCN1CCSCC1. The van der Waals surface area contributed by atoms with Crippen molar-refractivity contribution in [1.29, 1.82) is 0 Å². The van der Waals surface area contributed by atoms with E-state index in [1.165, 1.54) is 56.9 Å². The van der Waals surface area contributed by atoms with E-state index in [0.717, 1.165) is 12.0 Å². The number of thioether (sulfide) groups is 1. The average Bonchev–Trinajstić information content (AvgIpc) is 2.38. The topological polar surface area (TPSA) is 15.3 Å². The van der Waals surface area contributed by atoms with Crippen LogP contribution >= 0.6 is 11.8 Å². The van der Waals surface area contributed by atoms with Crippen LogP contribution in [0.15, 0.2) is 0 Å². The maximum atomic E-state index is 3.73. The molecule has 0 aromatic heterocycles. The van der Waals surface area contributed by atoms with E-state index in [2.05, 4.69) is 42.7 Å². The number of hydrogen-bond donors (Lipinski definition) is 1. The first-order chi connectivity index (χ1) is 8.26. The second-order valence-corrected chi connectivity index (χ2v) is 6.49. The largest absolute Gasteiger partial charge is 0.313 e. The van der Waals surface area contributed by atoms with Gasteiger partial charge in [-0.1, -0.05) is 27.2 Å². The van der Waals surface area contributed by atoms with E-state index in [-0.39, 0.29) is 0 Å². The quantitative estimate of drug-likeness (QED) is 0.721. The Hall–Kier alpha value is 0.270. The van der Waals surface area contributed by atoms with Crippen LogP contribution in [-0.2, 0) is 0 Å². The van der Waals surface area contributed by atoms with Crippen molar-refractivity contribution in [1.82, 2.24) is 10.2 Å². The average molecular weight is 258 g/mol. The summed E-state index contributed by atoms with van der Waals surface area (Å²) in [6, 6.07) is 0.726. The van der Waals surface area contributed by atoms with Gasteiger partial charge in [0, 0.05) is 43.7 Å². The standard InChI is InChI=1S/C14H30N2S/c1-4-13(3)12-14(5-2)15-6-7-16-8-10-17-11-9-16/h13-15H,4-12H2,1-3H3. The smallest absolute Gasteiger partial charge is 0.0108 e. The summed E-state index contributed by atoms with van der Waals surface area (Å²) in [4.78, 5) is 2.60. The lowest BCUT2D eigenvalue weighted by Gasteiger charge is -2.27. The monoisotopic (exact) mass is 258 g/mol. The Balaban J connectivity index is 2.09. The Morgan fingerprint density at radius 1 is 1.18 bits per heavy atom. The van der Waals surface area contributed by atoms with Crippen molar-refractivity contribution >= 4 is 11.8 Å². The highest BCUT2D eigenvalue weighted by Crippen LogP contribution is 2.12. The fourth-order valence-corrected chi connectivity index (χ4v) is 3.28. The molecule has 1 rings (SSSR count). The van der Waals surface area contributed by atoms with Gasteiger partial charge in [-0.3, -0.25) is 0 Å². The minimum absolute atomic E-state index is 0.726. The molecule has 1 aliphatic rings. The molecule has 0 spiro atoms. The second-order valence-electron chi connectivity index (χ2n) is 5.26. The first-order valence-corrected chi connectivity index (χ1v) is 8.45. The van der Waals surface area contributed by atoms with Crippen molar-refractivity contribution < 1.29 is 0 Å². The summed E-state index contributed by atoms with van der Waals surface area (Å²) in [7, 11) is 0. The fraction of sp³-hybridized carbons (Fsp3) is 1.00. The predicted octanol–water partition coefficient (Wildman–Crippen LogP) is 2.84. The van der Waals surface area contributed by atoms with Gasteiger partial charge in [0.25, 0.3) is 0 Å². The Morgan fingerprint density at radius 2 is 1.88 bits per heavy atom. The zero-order valence-corrected chi connectivity index (χ0v) is 12.7. The summed E-state index contributed by atoms with van der Waals surface area (Å²) in [6.07, 6.45) is 3.91. The van der Waals surface area contributed by atoms with Crippen LogP contribution in [0.4, 0.5) is 0 Å². The molecule has 0 amide bonds. The molecular weight excluding hydrogens is 228 g/mol. The van der Waals surface area contributed by atoms with Gasteiger partial charge in [0.05, 0.1) is 0 Å². The van der Waals surface area contributed by atoms with E-state index in [4.69, 9.17) is 0 Å². The maximum absolute atomic E-state index is 3.73. The Bertz CT molecular complexity index is 181. The van der Waals surface area contributed by atoms with Crippen LogP contribution < -0.4 is 5.32 Å². The second kappa shape index (κ2) is 9.23. The van der Waals surface area contributed by atoms with Gasteiger partial charge in [0.15, 0.2) is 0 Å². The highest BCUT2D eigenvalue weighted by Gasteiger charge is 2.12. The van der Waals surface area contributed by atoms with Gasteiger partial charge in [-0.25, -0.2) is 0 Å².